The van der Waals surface area contributed by atoms with Crippen LogP contribution in [0.3, 0.4) is 0 Å². The number of hydrogen-bond donors (Lipinski definition) is 1. The smallest absolute Gasteiger partial charge is 0.586 e. The topological polar surface area (TPSA) is 53.5 Å². The molecule has 0 bridgehead atoms. The van der Waals surface area contributed by atoms with Gasteiger partial charge in [-0.15, -0.1) is 13.5 Å². The first kappa shape index (κ1) is 15.3. The molecule has 2 rings (SSSR count). The standard InChI is InChI=1S/C13H17F2NO3S/c1-8(16-20(17)12(2,3)4)9-5-6-10-11(7-9)19-13(14,15)18-10/h5-8,16H,1-4H3/t8-,20?/m1/s1. The molecule has 0 spiro atoms. The predicted octanol–water partition coefficient (Wildman–Crippen LogP) is 3.12. The van der Waals surface area contributed by atoms with Gasteiger partial charge in [0.25, 0.3) is 0 Å². The number of nitrogens with one attached hydrogen (secondary N) is 1. The van der Waals surface area contributed by atoms with Crippen LogP contribution < -0.4 is 14.2 Å². The Morgan fingerprint density at radius 2 is 1.85 bits per heavy atom. The third kappa shape index (κ3) is 3.34. The Balaban J connectivity index is 2.12. The van der Waals surface area contributed by atoms with Gasteiger partial charge in [-0.3, -0.25) is 0 Å². The zero-order valence-corrected chi connectivity index (χ0v) is 12.5. The molecule has 0 fully saturated rings. The van der Waals surface area contributed by atoms with Crippen LogP contribution in [-0.4, -0.2) is 15.6 Å². The van der Waals surface area contributed by atoms with E-state index in [0.717, 1.165) is 0 Å². The monoisotopic (exact) mass is 305 g/mol. The molecule has 1 unspecified atom stereocenters. The molecule has 20 heavy (non-hydrogen) atoms. The van der Waals surface area contributed by atoms with Crippen molar-refractivity contribution in [2.24, 2.45) is 0 Å². The van der Waals surface area contributed by atoms with E-state index < -0.39 is 22.4 Å². The molecule has 0 aromatic heterocycles. The molecular formula is C13H17F2NO3S. The minimum Gasteiger partial charge on any atom is -0.598 e. The average Bonchev–Trinajstić information content (AvgIpc) is 2.60. The lowest BCUT2D eigenvalue weighted by Crippen LogP contribution is -2.40. The number of fused-ring (bicyclic) bond motifs is 1. The number of alkyl halides is 2. The zero-order valence-electron chi connectivity index (χ0n) is 11.7. The summed E-state index contributed by atoms with van der Waals surface area (Å²) in [6.07, 6.45) is -3.62. The molecule has 112 valence electrons. The summed E-state index contributed by atoms with van der Waals surface area (Å²) in [5.41, 5.74) is 0.697. The Hall–Kier alpha value is -1.05. The van der Waals surface area contributed by atoms with E-state index in [4.69, 9.17) is 0 Å². The summed E-state index contributed by atoms with van der Waals surface area (Å²) in [5, 5.41) is 0. The van der Waals surface area contributed by atoms with Crippen LogP contribution in [-0.2, 0) is 11.4 Å². The molecule has 1 aromatic carbocycles. The van der Waals surface area contributed by atoms with Gasteiger partial charge in [0.15, 0.2) is 11.5 Å². The summed E-state index contributed by atoms with van der Waals surface area (Å²) in [7, 11) is 0. The van der Waals surface area contributed by atoms with Crippen molar-refractivity contribution in [2.45, 2.75) is 44.8 Å². The molecule has 0 radical (unpaired) electrons. The van der Waals surface area contributed by atoms with Gasteiger partial charge in [0.1, 0.15) is 4.75 Å². The predicted molar refractivity (Wildman–Crippen MR) is 72.1 cm³/mol. The third-order valence-electron chi connectivity index (χ3n) is 2.77. The number of ether oxygens (including phenoxy) is 2. The van der Waals surface area contributed by atoms with Crippen molar-refractivity contribution in [3.8, 4) is 11.5 Å². The molecule has 1 aromatic rings. The first-order valence-corrected chi connectivity index (χ1v) is 7.31. The summed E-state index contributed by atoms with van der Waals surface area (Å²) >= 11 is -1.25. The van der Waals surface area contributed by atoms with Crippen molar-refractivity contribution in [2.75, 3.05) is 0 Å². The van der Waals surface area contributed by atoms with E-state index in [1.165, 1.54) is 12.1 Å². The molecule has 4 nitrogen and oxygen atoms in total. The van der Waals surface area contributed by atoms with Crippen LogP contribution >= 0.6 is 0 Å². The molecule has 2 atom stereocenters. The molecule has 1 heterocycles. The minimum absolute atomic E-state index is 0.00268. The van der Waals surface area contributed by atoms with Crippen molar-refractivity contribution in [3.63, 3.8) is 0 Å². The first-order chi connectivity index (χ1) is 9.08. The van der Waals surface area contributed by atoms with Gasteiger partial charge in [-0.25, -0.2) is 0 Å². The highest BCUT2D eigenvalue weighted by Gasteiger charge is 2.43. The van der Waals surface area contributed by atoms with E-state index in [9.17, 15) is 13.3 Å². The third-order valence-corrected chi connectivity index (χ3v) is 4.45. The van der Waals surface area contributed by atoms with Crippen LogP contribution in [0.25, 0.3) is 0 Å². The lowest BCUT2D eigenvalue weighted by molar-refractivity contribution is -0.286. The highest BCUT2D eigenvalue weighted by atomic mass is 32.2. The number of rotatable bonds is 3. The summed E-state index contributed by atoms with van der Waals surface area (Å²) in [6, 6.07) is 4.26. The first-order valence-electron chi connectivity index (χ1n) is 6.16. The van der Waals surface area contributed by atoms with Gasteiger partial charge in [-0.05, 0) is 45.4 Å². The highest BCUT2D eigenvalue weighted by Crippen LogP contribution is 2.42. The normalized spacial score (nSPS) is 19.8. The average molecular weight is 305 g/mol. The molecule has 1 N–H and O–H groups in total. The van der Waals surface area contributed by atoms with E-state index in [0.29, 0.717) is 5.56 Å². The quantitative estimate of drug-likeness (QED) is 0.872. The van der Waals surface area contributed by atoms with Gasteiger partial charge in [0.05, 0.1) is 6.04 Å². The van der Waals surface area contributed by atoms with Gasteiger partial charge in [-0.1, -0.05) is 6.07 Å². The molecule has 0 aliphatic carbocycles. The van der Waals surface area contributed by atoms with Crippen LogP contribution in [0, 0.1) is 0 Å². The van der Waals surface area contributed by atoms with Crippen molar-refractivity contribution < 1.29 is 22.8 Å². The van der Waals surface area contributed by atoms with Crippen molar-refractivity contribution in [1.29, 1.82) is 0 Å². The number of halogens is 2. The fourth-order valence-electron chi connectivity index (χ4n) is 1.64. The summed E-state index contributed by atoms with van der Waals surface area (Å²) in [6.45, 7) is 7.36. The fourth-order valence-corrected chi connectivity index (χ4v) is 2.45. The lowest BCUT2D eigenvalue weighted by atomic mass is 10.1. The molecule has 1 aliphatic rings. The van der Waals surface area contributed by atoms with Crippen LogP contribution in [0.15, 0.2) is 18.2 Å². The SMILES string of the molecule is C[C@@H](N[S+]([O-])C(C)(C)C)c1ccc2c(c1)OC(F)(F)O2. The molecule has 0 saturated heterocycles. The van der Waals surface area contributed by atoms with Gasteiger partial charge in [-0.2, -0.15) is 0 Å². The van der Waals surface area contributed by atoms with Crippen LogP contribution in [0.1, 0.15) is 39.3 Å². The Morgan fingerprint density at radius 1 is 1.25 bits per heavy atom. The number of hydrogen-bond acceptors (Lipinski definition) is 4. The zero-order chi connectivity index (χ0) is 15.1. The summed E-state index contributed by atoms with van der Waals surface area (Å²) < 4.78 is 49.1. The fraction of sp³-hybridized carbons (Fsp3) is 0.538. The van der Waals surface area contributed by atoms with Crippen molar-refractivity contribution in [3.05, 3.63) is 23.8 Å². The van der Waals surface area contributed by atoms with Gasteiger partial charge < -0.3 is 14.0 Å². The van der Waals surface area contributed by atoms with Crippen LogP contribution in [0.2, 0.25) is 0 Å². The molecular weight excluding hydrogens is 288 g/mol. The summed E-state index contributed by atoms with van der Waals surface area (Å²) in [5.74, 6) is -0.00872. The minimum atomic E-state index is -3.62. The maximum Gasteiger partial charge on any atom is 0.586 e. The Kier molecular flexibility index (Phi) is 3.88. The maximum absolute atomic E-state index is 12.9. The lowest BCUT2D eigenvalue weighted by Gasteiger charge is -2.26. The van der Waals surface area contributed by atoms with Gasteiger partial charge in [0.2, 0.25) is 0 Å². The molecule has 7 heteroatoms. The van der Waals surface area contributed by atoms with E-state index in [2.05, 4.69) is 14.2 Å². The van der Waals surface area contributed by atoms with E-state index >= 15 is 0 Å². The van der Waals surface area contributed by atoms with Crippen molar-refractivity contribution in [1.82, 2.24) is 4.72 Å². The van der Waals surface area contributed by atoms with Gasteiger partial charge in [0, 0.05) is 11.4 Å². The number of benzene rings is 1. The second kappa shape index (κ2) is 5.05. The Bertz CT molecular complexity index is 505. The maximum atomic E-state index is 12.9. The van der Waals surface area contributed by atoms with Crippen molar-refractivity contribution >= 4 is 11.4 Å². The largest absolute Gasteiger partial charge is 0.598 e. The van der Waals surface area contributed by atoms with Crippen LogP contribution in [0.5, 0.6) is 11.5 Å². The van der Waals surface area contributed by atoms with Crippen LogP contribution in [0.4, 0.5) is 8.78 Å². The molecule has 0 saturated carbocycles. The van der Waals surface area contributed by atoms with Gasteiger partial charge >= 0.3 is 6.29 Å². The molecule has 1 aliphatic heterocycles. The highest BCUT2D eigenvalue weighted by molar-refractivity contribution is 7.90. The Morgan fingerprint density at radius 3 is 2.45 bits per heavy atom. The van der Waals surface area contributed by atoms with E-state index in [1.807, 2.05) is 20.8 Å². The summed E-state index contributed by atoms with van der Waals surface area (Å²) in [4.78, 5) is 0. The Labute approximate surface area is 119 Å². The molecule has 0 amide bonds. The van der Waals surface area contributed by atoms with E-state index in [1.54, 1.807) is 13.0 Å². The second-order valence-electron chi connectivity index (χ2n) is 5.59. The van der Waals surface area contributed by atoms with E-state index in [-0.39, 0.29) is 17.5 Å². The second-order valence-corrected chi connectivity index (χ2v) is 7.59.